The number of hydrogen-bond acceptors (Lipinski definition) is 5. The van der Waals surface area contributed by atoms with Gasteiger partial charge in [-0.1, -0.05) is 0 Å². The lowest BCUT2D eigenvalue weighted by Gasteiger charge is -2.16. The van der Waals surface area contributed by atoms with Crippen molar-refractivity contribution in [1.29, 1.82) is 0 Å². The highest BCUT2D eigenvalue weighted by atomic mass is 31.2. The molecule has 0 bridgehead atoms. The van der Waals surface area contributed by atoms with Gasteiger partial charge in [-0.2, -0.15) is 0 Å². The quantitative estimate of drug-likeness (QED) is 0.402. The van der Waals surface area contributed by atoms with Crippen molar-refractivity contribution in [3.63, 3.8) is 0 Å². The second kappa shape index (κ2) is 3.04. The van der Waals surface area contributed by atoms with Crippen LogP contribution >= 0.6 is 7.37 Å². The molecule has 3 atom stereocenters. The molecule has 1 rings (SSSR count). The zero-order chi connectivity index (χ0) is 10.3. The van der Waals surface area contributed by atoms with Crippen LogP contribution in [0.4, 0.5) is 0 Å². The van der Waals surface area contributed by atoms with E-state index in [1.807, 2.05) is 0 Å². The van der Waals surface area contributed by atoms with E-state index >= 15 is 0 Å². The Labute approximate surface area is 75.5 Å². The van der Waals surface area contributed by atoms with Gasteiger partial charge in [0.2, 0.25) is 7.37 Å². The van der Waals surface area contributed by atoms with E-state index in [1.165, 1.54) is 14.0 Å². The summed E-state index contributed by atoms with van der Waals surface area (Å²) in [6, 6.07) is -1.18. The molecule has 6 nitrogen and oxygen atoms in total. The van der Waals surface area contributed by atoms with Crippen LogP contribution in [0.5, 0.6) is 0 Å². The van der Waals surface area contributed by atoms with Crippen LogP contribution in [-0.2, 0) is 9.09 Å². The van der Waals surface area contributed by atoms with E-state index in [0.29, 0.717) is 0 Å². The normalized spacial score (nSPS) is 45.0. The van der Waals surface area contributed by atoms with Crippen LogP contribution < -0.4 is 0 Å². The Balaban J connectivity index is 2.92. The molecule has 1 fully saturated rings. The molecule has 1 aliphatic heterocycles. The fraction of sp³-hybridized carbons (Fsp3) is 1.00. The molecule has 1 N–H and O–H groups in total. The van der Waals surface area contributed by atoms with Crippen molar-refractivity contribution in [1.82, 2.24) is 0 Å². The fourth-order valence-corrected chi connectivity index (χ4v) is 4.20. The Morgan fingerprint density at radius 1 is 1.77 bits per heavy atom. The molecule has 7 heteroatoms. The van der Waals surface area contributed by atoms with Crippen molar-refractivity contribution in [3.8, 4) is 0 Å². The summed E-state index contributed by atoms with van der Waals surface area (Å²) in [5.41, 5.74) is -1.52. The maximum absolute atomic E-state index is 11.6. The van der Waals surface area contributed by atoms with Gasteiger partial charge in [0.25, 0.3) is 6.04 Å². The third kappa shape index (κ3) is 1.90. The highest BCUT2D eigenvalue weighted by molar-refractivity contribution is 7.59. The van der Waals surface area contributed by atoms with Crippen molar-refractivity contribution >= 4 is 7.37 Å². The molecule has 1 saturated heterocycles. The zero-order valence-electron chi connectivity index (χ0n) is 7.47. The van der Waals surface area contributed by atoms with Gasteiger partial charge in [-0.05, 0) is 6.92 Å². The summed E-state index contributed by atoms with van der Waals surface area (Å²) in [5, 5.41) is 20.1. The second-order valence-corrected chi connectivity index (χ2v) is 6.17. The summed E-state index contributed by atoms with van der Waals surface area (Å²) >= 11 is 0. The summed E-state index contributed by atoms with van der Waals surface area (Å²) in [7, 11) is -1.72. The van der Waals surface area contributed by atoms with Gasteiger partial charge in [0.1, 0.15) is 5.60 Å². The van der Waals surface area contributed by atoms with E-state index in [0.717, 1.165) is 0 Å². The molecule has 3 unspecified atom stereocenters. The molecule has 0 radical (unpaired) electrons. The van der Waals surface area contributed by atoms with Gasteiger partial charge in [-0.15, -0.1) is 0 Å². The third-order valence-electron chi connectivity index (χ3n) is 2.32. The van der Waals surface area contributed by atoms with Gasteiger partial charge in [0.15, 0.2) is 0 Å². The topological polar surface area (TPSA) is 89.7 Å². The molecule has 0 spiro atoms. The molecule has 0 saturated carbocycles. The summed E-state index contributed by atoms with van der Waals surface area (Å²) in [6.07, 6.45) is -0.314. The van der Waals surface area contributed by atoms with Crippen molar-refractivity contribution in [2.24, 2.45) is 0 Å². The smallest absolute Gasteiger partial charge is 0.250 e. The average Bonchev–Trinajstić information content (AvgIpc) is 2.22. The van der Waals surface area contributed by atoms with Crippen molar-refractivity contribution in [2.75, 3.05) is 19.4 Å². The molecule has 0 aromatic carbocycles. The van der Waals surface area contributed by atoms with Gasteiger partial charge < -0.3 is 9.63 Å². The largest absolute Gasteiger partial charge is 0.382 e. The maximum Gasteiger partial charge on any atom is 0.250 e. The highest BCUT2D eigenvalue weighted by Crippen LogP contribution is 2.56. The van der Waals surface area contributed by atoms with Gasteiger partial charge in [0, 0.05) is 12.0 Å². The van der Waals surface area contributed by atoms with E-state index < -0.39 is 23.9 Å². The van der Waals surface area contributed by atoms with E-state index in [2.05, 4.69) is 0 Å². The molecule has 0 aromatic heterocycles. The van der Waals surface area contributed by atoms with Crippen molar-refractivity contribution in [2.45, 2.75) is 18.6 Å². The first-order chi connectivity index (χ1) is 5.81. The maximum atomic E-state index is 11.6. The molecule has 76 valence electrons. The molecular weight excluding hydrogens is 197 g/mol. The summed E-state index contributed by atoms with van der Waals surface area (Å²) in [6.45, 7) is 1.32. The van der Waals surface area contributed by atoms with Crippen LogP contribution in [0.2, 0.25) is 0 Å². The monoisotopic (exact) mass is 209 g/mol. The van der Waals surface area contributed by atoms with E-state index in [1.54, 1.807) is 0 Å². The predicted molar refractivity (Wildman–Crippen MR) is 45.8 cm³/mol. The Morgan fingerprint density at radius 2 is 2.31 bits per heavy atom. The first-order valence-electron chi connectivity index (χ1n) is 3.80. The lowest BCUT2D eigenvalue weighted by atomic mass is 10.0. The number of nitrogens with zero attached hydrogens (tertiary/aromatic N) is 1. The number of hydrogen-bond donors (Lipinski definition) is 1. The van der Waals surface area contributed by atoms with Crippen LogP contribution in [0, 0.1) is 10.1 Å². The molecule has 0 aromatic rings. The van der Waals surface area contributed by atoms with Crippen LogP contribution in [-0.4, -0.2) is 41.1 Å². The van der Waals surface area contributed by atoms with Gasteiger partial charge in [-0.3, -0.25) is 14.7 Å². The number of nitro groups is 1. The molecule has 1 aliphatic rings. The van der Waals surface area contributed by atoms with Crippen LogP contribution in [0.3, 0.4) is 0 Å². The molecule has 0 amide bonds. The van der Waals surface area contributed by atoms with Gasteiger partial charge >= 0.3 is 0 Å². The van der Waals surface area contributed by atoms with Crippen LogP contribution in [0.1, 0.15) is 6.92 Å². The molecule has 1 heterocycles. The summed E-state index contributed by atoms with van der Waals surface area (Å²) in [4.78, 5) is 9.89. The predicted octanol–water partition coefficient (Wildman–Crippen LogP) is 0.321. The van der Waals surface area contributed by atoms with Crippen molar-refractivity contribution < 1.29 is 19.1 Å². The fourth-order valence-electron chi connectivity index (χ4n) is 1.55. The molecule has 0 aliphatic carbocycles. The lowest BCUT2D eigenvalue weighted by Crippen LogP contribution is -2.43. The SMILES string of the molecule is COP1(=O)CC([N+](=O)[O-])C(C)(O)C1. The Morgan fingerprint density at radius 3 is 2.54 bits per heavy atom. The first-order valence-corrected chi connectivity index (χ1v) is 5.80. The average molecular weight is 209 g/mol. The van der Waals surface area contributed by atoms with E-state index in [-0.39, 0.29) is 12.3 Å². The zero-order valence-corrected chi connectivity index (χ0v) is 8.36. The Hall–Kier alpha value is -0.450. The minimum absolute atomic E-state index is 0.137. The highest BCUT2D eigenvalue weighted by Gasteiger charge is 2.56. The number of rotatable bonds is 2. The Bertz CT molecular complexity index is 276. The van der Waals surface area contributed by atoms with Gasteiger partial charge in [-0.25, -0.2) is 0 Å². The molecule has 13 heavy (non-hydrogen) atoms. The van der Waals surface area contributed by atoms with Gasteiger partial charge in [0.05, 0.1) is 12.3 Å². The standard InChI is InChI=1S/C6H12NO5P/c1-6(8)4-13(11,12-2)3-5(6)7(9)10/h5,8H,3-4H2,1-2H3. The lowest BCUT2D eigenvalue weighted by molar-refractivity contribution is -0.535. The summed E-state index contributed by atoms with van der Waals surface area (Å²) < 4.78 is 16.3. The van der Waals surface area contributed by atoms with Crippen molar-refractivity contribution in [3.05, 3.63) is 10.1 Å². The second-order valence-electron chi connectivity index (χ2n) is 3.50. The minimum atomic E-state index is -2.97. The van der Waals surface area contributed by atoms with E-state index in [4.69, 9.17) is 4.52 Å². The first kappa shape index (κ1) is 10.6. The number of aliphatic hydroxyl groups is 1. The third-order valence-corrected chi connectivity index (χ3v) is 5.01. The minimum Gasteiger partial charge on any atom is -0.382 e. The Kier molecular flexibility index (Phi) is 2.49. The van der Waals surface area contributed by atoms with Crippen LogP contribution in [0.15, 0.2) is 0 Å². The molecular formula is C6H12NO5P. The van der Waals surface area contributed by atoms with Crippen LogP contribution in [0.25, 0.3) is 0 Å². The van der Waals surface area contributed by atoms with E-state index in [9.17, 15) is 19.8 Å². The summed E-state index contributed by atoms with van der Waals surface area (Å²) in [5.74, 6) is 0.